The van der Waals surface area contributed by atoms with Crippen LogP contribution in [0.1, 0.15) is 52.4 Å². The fraction of sp³-hybridized carbons (Fsp3) is 0.778. The molecule has 28 heavy (non-hydrogen) atoms. The number of thioether (sulfide) groups is 1. The van der Waals surface area contributed by atoms with Gasteiger partial charge in [0.1, 0.15) is 5.92 Å². The molecule has 2 amide bonds. The van der Waals surface area contributed by atoms with Crippen molar-refractivity contribution >= 4 is 35.5 Å². The third kappa shape index (κ3) is 3.47. The summed E-state index contributed by atoms with van der Waals surface area (Å²) in [4.78, 5) is 56.8. The number of urea groups is 1. The van der Waals surface area contributed by atoms with Crippen LogP contribution in [0.2, 0.25) is 0 Å². The van der Waals surface area contributed by atoms with Crippen molar-refractivity contribution in [2.45, 2.75) is 75.4 Å². The van der Waals surface area contributed by atoms with Gasteiger partial charge in [-0.2, -0.15) is 11.8 Å². The van der Waals surface area contributed by atoms with E-state index in [0.717, 1.165) is 18.6 Å². The zero-order valence-corrected chi connectivity index (χ0v) is 16.9. The standard InChI is InChI=1S/C18H27N3O6S/c1-3-10(16(24)25)15(23)18(4-2)20-27-13(22)8-6-5-7-12-14-11(9-28-12)19-17(26)21(14)18/h10-12,14,20H,3-9H2,1-2H3,(H,19,26)(H,24,25)/t10?,11-,12-,14-,18?/m1/s1. The van der Waals surface area contributed by atoms with Crippen LogP contribution in [0.5, 0.6) is 0 Å². The van der Waals surface area contributed by atoms with E-state index in [-0.39, 0.29) is 36.6 Å². The zero-order valence-electron chi connectivity index (χ0n) is 16.1. The van der Waals surface area contributed by atoms with Crippen molar-refractivity contribution in [3.63, 3.8) is 0 Å². The SMILES string of the molecule is CCC(C(=O)O)C(=O)C1(CC)NOC(=O)CCCC[C@H]2SC[C@H]3NC(=O)N1[C@H]32. The van der Waals surface area contributed by atoms with E-state index in [0.29, 0.717) is 6.42 Å². The first-order valence-corrected chi connectivity index (χ1v) is 10.9. The van der Waals surface area contributed by atoms with Crippen molar-refractivity contribution in [2.24, 2.45) is 5.92 Å². The molecular weight excluding hydrogens is 386 g/mol. The number of carboxylic acid groups (broad SMARTS) is 1. The summed E-state index contributed by atoms with van der Waals surface area (Å²) in [5, 5.41) is 12.6. The number of Topliss-reactive ketones (excluding diaryl/α,β-unsaturated/α-hetero) is 1. The molecule has 10 heteroatoms. The minimum absolute atomic E-state index is 0.0767. The molecule has 5 atom stereocenters. The summed E-state index contributed by atoms with van der Waals surface area (Å²) in [6.45, 7) is 3.29. The number of carbonyl (C=O) groups is 4. The zero-order chi connectivity index (χ0) is 20.5. The number of amides is 2. The highest BCUT2D eigenvalue weighted by atomic mass is 32.2. The van der Waals surface area contributed by atoms with Crippen molar-refractivity contribution in [1.29, 1.82) is 0 Å². The predicted octanol–water partition coefficient (Wildman–Crippen LogP) is 1.27. The number of nitrogens with one attached hydrogen (secondary N) is 2. The van der Waals surface area contributed by atoms with E-state index < -0.39 is 35.3 Å². The third-order valence-electron chi connectivity index (χ3n) is 5.92. The van der Waals surface area contributed by atoms with Crippen LogP contribution in [0.3, 0.4) is 0 Å². The number of rotatable bonds is 5. The van der Waals surface area contributed by atoms with Crippen LogP contribution < -0.4 is 10.8 Å². The Balaban J connectivity index is 2.08. The van der Waals surface area contributed by atoms with Crippen LogP contribution in [0.4, 0.5) is 4.79 Å². The highest BCUT2D eigenvalue weighted by Crippen LogP contribution is 2.42. The number of hydroxylamine groups is 1. The maximum Gasteiger partial charge on any atom is 0.324 e. The van der Waals surface area contributed by atoms with Crippen molar-refractivity contribution in [1.82, 2.24) is 15.7 Å². The maximum atomic E-state index is 13.4. The van der Waals surface area contributed by atoms with Crippen molar-refractivity contribution in [2.75, 3.05) is 5.75 Å². The van der Waals surface area contributed by atoms with Gasteiger partial charge in [-0.1, -0.05) is 20.3 Å². The van der Waals surface area contributed by atoms with Gasteiger partial charge in [0, 0.05) is 17.4 Å². The van der Waals surface area contributed by atoms with Gasteiger partial charge in [0.2, 0.25) is 0 Å². The Morgan fingerprint density at radius 2 is 2.11 bits per heavy atom. The number of carboxylic acids is 1. The summed E-state index contributed by atoms with van der Waals surface area (Å²) in [6, 6.07) is -0.820. The molecule has 3 heterocycles. The van der Waals surface area contributed by atoms with Crippen LogP contribution in [0.25, 0.3) is 0 Å². The quantitative estimate of drug-likeness (QED) is 0.455. The second kappa shape index (κ2) is 8.28. The molecule has 0 aromatic rings. The Morgan fingerprint density at radius 3 is 2.75 bits per heavy atom. The molecule has 0 aromatic carbocycles. The fourth-order valence-electron chi connectivity index (χ4n) is 4.40. The summed E-state index contributed by atoms with van der Waals surface area (Å²) in [7, 11) is 0. The van der Waals surface area contributed by atoms with E-state index in [1.807, 2.05) is 0 Å². The smallest absolute Gasteiger partial charge is 0.324 e. The second-order valence-corrected chi connectivity index (χ2v) is 8.76. The number of hydrogen-bond donors (Lipinski definition) is 3. The lowest BCUT2D eigenvalue weighted by Crippen LogP contribution is -2.69. The maximum absolute atomic E-state index is 13.4. The van der Waals surface area contributed by atoms with Crippen molar-refractivity contribution < 1.29 is 29.1 Å². The van der Waals surface area contributed by atoms with Gasteiger partial charge in [-0.25, -0.2) is 4.79 Å². The van der Waals surface area contributed by atoms with E-state index in [4.69, 9.17) is 4.84 Å². The van der Waals surface area contributed by atoms with E-state index >= 15 is 0 Å². The predicted molar refractivity (Wildman–Crippen MR) is 101 cm³/mol. The Hall–Kier alpha value is -1.81. The summed E-state index contributed by atoms with van der Waals surface area (Å²) in [5.41, 5.74) is 0.847. The van der Waals surface area contributed by atoms with Crippen LogP contribution in [0, 0.1) is 5.92 Å². The summed E-state index contributed by atoms with van der Waals surface area (Å²) < 4.78 is 0. The normalized spacial score (nSPS) is 34.1. The van der Waals surface area contributed by atoms with Gasteiger partial charge in [-0.15, -0.1) is 5.48 Å². The Bertz CT molecular complexity index is 674. The molecule has 3 aliphatic heterocycles. The minimum atomic E-state index is -1.72. The molecule has 0 bridgehead atoms. The number of ketones is 1. The summed E-state index contributed by atoms with van der Waals surface area (Å²) in [6.07, 6.45) is 2.65. The van der Waals surface area contributed by atoms with Gasteiger partial charge in [-0.3, -0.25) is 19.3 Å². The molecule has 0 spiro atoms. The molecule has 0 radical (unpaired) electrons. The van der Waals surface area contributed by atoms with Gasteiger partial charge >= 0.3 is 18.0 Å². The molecule has 0 aromatic heterocycles. The lowest BCUT2D eigenvalue weighted by atomic mass is 9.86. The molecule has 3 rings (SSSR count). The molecule has 0 aliphatic carbocycles. The van der Waals surface area contributed by atoms with Gasteiger partial charge in [-0.05, 0) is 25.7 Å². The lowest BCUT2D eigenvalue weighted by molar-refractivity contribution is -0.171. The largest absolute Gasteiger partial charge is 0.481 e. The van der Waals surface area contributed by atoms with Crippen LogP contribution in [-0.4, -0.2) is 62.5 Å². The highest BCUT2D eigenvalue weighted by Gasteiger charge is 2.60. The van der Waals surface area contributed by atoms with E-state index in [2.05, 4.69) is 10.8 Å². The molecule has 2 unspecified atom stereocenters. The van der Waals surface area contributed by atoms with Gasteiger partial charge in [0.25, 0.3) is 0 Å². The van der Waals surface area contributed by atoms with Gasteiger partial charge in [0.15, 0.2) is 11.4 Å². The molecule has 9 nitrogen and oxygen atoms in total. The highest BCUT2D eigenvalue weighted by molar-refractivity contribution is 8.00. The van der Waals surface area contributed by atoms with Gasteiger partial charge < -0.3 is 15.3 Å². The average Bonchev–Trinajstić information content (AvgIpc) is 3.18. The number of nitrogens with zero attached hydrogens (tertiary/aromatic N) is 1. The number of hydrogen-bond acceptors (Lipinski definition) is 7. The van der Waals surface area contributed by atoms with Crippen LogP contribution in [0.15, 0.2) is 0 Å². The Kier molecular flexibility index (Phi) is 6.18. The number of aliphatic carboxylic acids is 1. The Morgan fingerprint density at radius 1 is 1.36 bits per heavy atom. The average molecular weight is 413 g/mol. The summed E-state index contributed by atoms with van der Waals surface area (Å²) >= 11 is 1.74. The van der Waals surface area contributed by atoms with E-state index in [9.17, 15) is 24.3 Å². The molecule has 0 saturated carbocycles. The molecule has 156 valence electrons. The van der Waals surface area contributed by atoms with Crippen molar-refractivity contribution in [3.8, 4) is 0 Å². The fourth-order valence-corrected chi connectivity index (χ4v) is 5.98. The molecule has 3 fully saturated rings. The lowest BCUT2D eigenvalue weighted by Gasteiger charge is -2.43. The van der Waals surface area contributed by atoms with Crippen LogP contribution >= 0.6 is 11.8 Å². The van der Waals surface area contributed by atoms with Crippen molar-refractivity contribution in [3.05, 3.63) is 0 Å². The van der Waals surface area contributed by atoms with Gasteiger partial charge in [0.05, 0.1) is 12.1 Å². The third-order valence-corrected chi connectivity index (χ3v) is 7.41. The van der Waals surface area contributed by atoms with E-state index in [1.54, 1.807) is 25.6 Å². The molecule has 3 saturated heterocycles. The Labute approximate surface area is 167 Å². The van der Waals surface area contributed by atoms with E-state index in [1.165, 1.54) is 4.90 Å². The summed E-state index contributed by atoms with van der Waals surface area (Å²) in [5.74, 6) is -3.01. The van der Waals surface area contributed by atoms with Crippen LogP contribution in [-0.2, 0) is 19.2 Å². The monoisotopic (exact) mass is 413 g/mol. The number of carbonyl (C=O) groups excluding carboxylic acids is 3. The topological polar surface area (TPSA) is 125 Å². The molecule has 3 aliphatic rings. The first kappa shape index (κ1) is 20.9. The first-order valence-electron chi connectivity index (χ1n) is 9.81. The minimum Gasteiger partial charge on any atom is -0.481 e. The molecular formula is C18H27N3O6S. The second-order valence-electron chi connectivity index (χ2n) is 7.49. The molecule has 3 N–H and O–H groups in total. The first-order chi connectivity index (χ1) is 13.4.